The first-order valence-electron chi connectivity index (χ1n) is 10.8. The molecule has 0 unspecified atom stereocenters. The Morgan fingerprint density at radius 3 is 2.29 bits per heavy atom. The number of esters is 1. The first-order valence-corrected chi connectivity index (χ1v) is 12.0. The summed E-state index contributed by atoms with van der Waals surface area (Å²) < 4.78 is 11.1. The lowest BCUT2D eigenvalue weighted by Crippen LogP contribution is -2.21. The molecule has 0 aliphatic carbocycles. The zero-order chi connectivity index (χ0) is 24.5. The molecular formula is C28H22ClNO4S. The lowest BCUT2D eigenvalue weighted by Gasteiger charge is -2.13. The molecule has 4 aromatic carbocycles. The van der Waals surface area contributed by atoms with Crippen molar-refractivity contribution in [2.24, 2.45) is 0 Å². The van der Waals surface area contributed by atoms with Crippen LogP contribution in [-0.2, 0) is 16.1 Å². The van der Waals surface area contributed by atoms with Crippen LogP contribution < -0.4 is 10.1 Å². The Hall–Kier alpha value is -3.74. The predicted molar refractivity (Wildman–Crippen MR) is 138 cm³/mol. The summed E-state index contributed by atoms with van der Waals surface area (Å²) >= 11 is 7.45. The molecule has 0 saturated heterocycles. The van der Waals surface area contributed by atoms with Gasteiger partial charge in [-0.2, -0.15) is 0 Å². The second kappa shape index (κ2) is 12.1. The largest absolute Gasteiger partial charge is 0.488 e. The molecule has 0 fully saturated rings. The minimum absolute atomic E-state index is 0.259. The van der Waals surface area contributed by atoms with E-state index in [9.17, 15) is 9.59 Å². The van der Waals surface area contributed by atoms with Crippen molar-refractivity contribution >= 4 is 40.9 Å². The fourth-order valence-corrected chi connectivity index (χ4v) is 4.21. The Morgan fingerprint density at radius 1 is 0.800 bits per heavy atom. The van der Waals surface area contributed by atoms with Crippen LogP contribution in [0.3, 0.4) is 0 Å². The van der Waals surface area contributed by atoms with Gasteiger partial charge in [-0.3, -0.25) is 4.79 Å². The molecule has 0 aliphatic rings. The maximum absolute atomic E-state index is 12.7. The highest BCUT2D eigenvalue weighted by Crippen LogP contribution is 2.33. The van der Waals surface area contributed by atoms with Crippen LogP contribution in [0.1, 0.15) is 15.9 Å². The molecule has 7 heteroatoms. The Kier molecular flexibility index (Phi) is 8.44. The quantitative estimate of drug-likeness (QED) is 0.253. The maximum atomic E-state index is 12.7. The number of carbonyl (C=O) groups is 2. The first kappa shape index (κ1) is 24.4. The molecule has 4 aromatic rings. The van der Waals surface area contributed by atoms with Gasteiger partial charge >= 0.3 is 5.97 Å². The van der Waals surface area contributed by atoms with E-state index in [-0.39, 0.29) is 5.56 Å². The standard InChI is InChI=1S/C28H22ClNO4S/c29-21-14-16-22(17-15-21)35-26-13-7-5-11-24(26)30-27(31)19-34-28(32)23-10-4-6-12-25(23)33-18-20-8-2-1-3-9-20/h1-17H,18-19H2,(H,30,31). The molecule has 0 aliphatic heterocycles. The van der Waals surface area contributed by atoms with Gasteiger partial charge < -0.3 is 14.8 Å². The van der Waals surface area contributed by atoms with Crippen molar-refractivity contribution in [2.75, 3.05) is 11.9 Å². The summed E-state index contributed by atoms with van der Waals surface area (Å²) in [6.45, 7) is -0.112. The van der Waals surface area contributed by atoms with E-state index in [1.165, 1.54) is 11.8 Å². The third-order valence-corrected chi connectivity index (χ3v) is 6.22. The van der Waals surface area contributed by atoms with Crippen molar-refractivity contribution in [1.82, 2.24) is 0 Å². The lowest BCUT2D eigenvalue weighted by atomic mass is 10.2. The monoisotopic (exact) mass is 503 g/mol. The van der Waals surface area contributed by atoms with E-state index in [1.807, 2.05) is 72.8 Å². The number of hydrogen-bond donors (Lipinski definition) is 1. The molecule has 4 rings (SSSR count). The number of halogens is 1. The minimum Gasteiger partial charge on any atom is -0.488 e. The van der Waals surface area contributed by atoms with E-state index in [0.717, 1.165) is 15.4 Å². The second-order valence-electron chi connectivity index (χ2n) is 7.45. The molecule has 0 atom stereocenters. The van der Waals surface area contributed by atoms with Crippen LogP contribution in [0.5, 0.6) is 5.75 Å². The minimum atomic E-state index is -0.632. The van der Waals surface area contributed by atoms with Crippen molar-refractivity contribution < 1.29 is 19.1 Å². The normalized spacial score (nSPS) is 10.4. The van der Waals surface area contributed by atoms with Gasteiger partial charge in [-0.1, -0.05) is 78.0 Å². The van der Waals surface area contributed by atoms with E-state index in [0.29, 0.717) is 23.1 Å². The Morgan fingerprint density at radius 2 is 1.49 bits per heavy atom. The van der Waals surface area contributed by atoms with Crippen LogP contribution in [0.15, 0.2) is 113 Å². The number of nitrogens with one attached hydrogen (secondary N) is 1. The predicted octanol–water partition coefficient (Wildman–Crippen LogP) is 6.87. The number of ether oxygens (including phenoxy) is 2. The molecule has 0 radical (unpaired) electrons. The molecule has 0 spiro atoms. The van der Waals surface area contributed by atoms with Crippen LogP contribution in [-0.4, -0.2) is 18.5 Å². The number of para-hydroxylation sites is 2. The second-order valence-corrected chi connectivity index (χ2v) is 9.00. The third kappa shape index (κ3) is 7.12. The molecule has 35 heavy (non-hydrogen) atoms. The van der Waals surface area contributed by atoms with E-state index in [2.05, 4.69) is 5.32 Å². The average Bonchev–Trinajstić information content (AvgIpc) is 2.89. The Balaban J connectivity index is 1.35. The highest BCUT2D eigenvalue weighted by molar-refractivity contribution is 7.99. The number of hydrogen-bond acceptors (Lipinski definition) is 5. The number of amides is 1. The lowest BCUT2D eigenvalue weighted by molar-refractivity contribution is -0.119. The highest BCUT2D eigenvalue weighted by atomic mass is 35.5. The van der Waals surface area contributed by atoms with Gasteiger partial charge in [0.15, 0.2) is 6.61 Å². The van der Waals surface area contributed by atoms with E-state index in [4.69, 9.17) is 21.1 Å². The molecule has 0 saturated carbocycles. The zero-order valence-corrected chi connectivity index (χ0v) is 20.2. The van der Waals surface area contributed by atoms with Crippen LogP contribution in [0.2, 0.25) is 5.02 Å². The Bertz CT molecular complexity index is 1300. The van der Waals surface area contributed by atoms with E-state index in [1.54, 1.807) is 30.3 Å². The molecule has 5 nitrogen and oxygen atoms in total. The van der Waals surface area contributed by atoms with Gasteiger partial charge in [0.2, 0.25) is 0 Å². The first-order chi connectivity index (χ1) is 17.1. The van der Waals surface area contributed by atoms with Crippen LogP contribution in [0.25, 0.3) is 0 Å². The van der Waals surface area contributed by atoms with Gasteiger partial charge in [0, 0.05) is 14.8 Å². The van der Waals surface area contributed by atoms with Crippen molar-refractivity contribution in [2.45, 2.75) is 16.4 Å². The SMILES string of the molecule is O=C(COC(=O)c1ccccc1OCc1ccccc1)Nc1ccccc1Sc1ccc(Cl)cc1. The van der Waals surface area contributed by atoms with Gasteiger partial charge in [0.1, 0.15) is 17.9 Å². The van der Waals surface area contributed by atoms with Gasteiger partial charge in [-0.25, -0.2) is 4.79 Å². The molecule has 1 N–H and O–H groups in total. The van der Waals surface area contributed by atoms with Gasteiger partial charge in [-0.05, 0) is 54.1 Å². The molecule has 0 aromatic heterocycles. The molecule has 176 valence electrons. The fraction of sp³-hybridized carbons (Fsp3) is 0.0714. The number of benzene rings is 4. The topological polar surface area (TPSA) is 64.6 Å². The van der Waals surface area contributed by atoms with Gasteiger partial charge in [0.25, 0.3) is 5.91 Å². The number of carbonyl (C=O) groups excluding carboxylic acids is 2. The molecular weight excluding hydrogens is 482 g/mol. The summed E-state index contributed by atoms with van der Waals surface area (Å²) in [5.41, 5.74) is 1.86. The fourth-order valence-electron chi connectivity index (χ4n) is 3.18. The summed E-state index contributed by atoms with van der Waals surface area (Å²) in [7, 11) is 0. The number of rotatable bonds is 9. The van der Waals surface area contributed by atoms with Gasteiger partial charge in [-0.15, -0.1) is 0 Å². The van der Waals surface area contributed by atoms with E-state index < -0.39 is 18.5 Å². The Labute approximate surface area is 213 Å². The van der Waals surface area contributed by atoms with Crippen LogP contribution in [0.4, 0.5) is 5.69 Å². The summed E-state index contributed by atoms with van der Waals surface area (Å²) in [5, 5.41) is 3.47. The zero-order valence-electron chi connectivity index (χ0n) is 18.6. The van der Waals surface area contributed by atoms with Crippen LogP contribution in [0, 0.1) is 0 Å². The summed E-state index contributed by atoms with van der Waals surface area (Å²) in [4.78, 5) is 27.1. The summed E-state index contributed by atoms with van der Waals surface area (Å²) in [5.74, 6) is -0.677. The van der Waals surface area contributed by atoms with Crippen molar-refractivity contribution in [3.63, 3.8) is 0 Å². The van der Waals surface area contributed by atoms with Gasteiger partial charge in [0.05, 0.1) is 5.69 Å². The maximum Gasteiger partial charge on any atom is 0.342 e. The molecule has 0 heterocycles. The summed E-state index contributed by atoms with van der Waals surface area (Å²) in [6.07, 6.45) is 0. The summed E-state index contributed by atoms with van der Waals surface area (Å²) in [6, 6.07) is 31.3. The van der Waals surface area contributed by atoms with Crippen molar-refractivity contribution in [3.8, 4) is 5.75 Å². The van der Waals surface area contributed by atoms with E-state index >= 15 is 0 Å². The molecule has 0 bridgehead atoms. The molecule has 1 amide bonds. The smallest absolute Gasteiger partial charge is 0.342 e. The average molecular weight is 504 g/mol. The van der Waals surface area contributed by atoms with Crippen molar-refractivity contribution in [3.05, 3.63) is 119 Å². The van der Waals surface area contributed by atoms with Crippen molar-refractivity contribution in [1.29, 1.82) is 0 Å². The third-order valence-electron chi connectivity index (χ3n) is 4.88. The number of anilines is 1. The van der Waals surface area contributed by atoms with Crippen LogP contribution >= 0.6 is 23.4 Å². The highest BCUT2D eigenvalue weighted by Gasteiger charge is 2.16.